The molecular weight excluding hydrogens is 450 g/mol. The Labute approximate surface area is 193 Å². The first-order chi connectivity index (χ1) is 15.4. The molecule has 2 aromatic heterocycles. The van der Waals surface area contributed by atoms with E-state index in [-0.39, 0.29) is 17.6 Å². The van der Waals surface area contributed by atoms with E-state index in [1.807, 2.05) is 39.0 Å². The highest BCUT2D eigenvalue weighted by atomic mass is 35.5. The first-order valence-corrected chi connectivity index (χ1v) is 11.2. The summed E-state index contributed by atoms with van der Waals surface area (Å²) in [5.74, 6) is 1.35. The number of para-hydroxylation sites is 1. The maximum absolute atomic E-state index is 12.6. The zero-order valence-electron chi connectivity index (χ0n) is 17.6. The van der Waals surface area contributed by atoms with Gasteiger partial charge in [0.2, 0.25) is 11.8 Å². The third-order valence-electron chi connectivity index (χ3n) is 4.55. The van der Waals surface area contributed by atoms with Gasteiger partial charge in [-0.2, -0.15) is 4.98 Å². The highest BCUT2D eigenvalue weighted by Crippen LogP contribution is 2.31. The number of rotatable bonds is 7. The number of benzene rings is 2. The number of carbonyl (C=O) groups excluding carboxylic acids is 1. The maximum atomic E-state index is 12.6. The molecule has 0 radical (unpaired) electrons. The first kappa shape index (κ1) is 22.0. The number of anilines is 1. The summed E-state index contributed by atoms with van der Waals surface area (Å²) in [7, 11) is 0. The van der Waals surface area contributed by atoms with E-state index < -0.39 is 0 Å². The molecule has 0 bridgehead atoms. The zero-order chi connectivity index (χ0) is 22.7. The van der Waals surface area contributed by atoms with Crippen LogP contribution < -0.4 is 5.32 Å². The largest absolute Gasteiger partial charge is 0.411 e. The molecule has 0 saturated heterocycles. The minimum Gasteiger partial charge on any atom is -0.411 e. The number of aromatic nitrogens is 4. The molecule has 0 fully saturated rings. The lowest BCUT2D eigenvalue weighted by atomic mass is 10.1. The molecule has 2 heterocycles. The van der Waals surface area contributed by atoms with Crippen LogP contribution in [0.3, 0.4) is 0 Å². The number of carbonyl (C=O) groups is 1. The summed E-state index contributed by atoms with van der Waals surface area (Å²) in [5.41, 5.74) is 2.94. The van der Waals surface area contributed by atoms with Crippen molar-refractivity contribution in [1.29, 1.82) is 0 Å². The van der Waals surface area contributed by atoms with Gasteiger partial charge in [-0.3, -0.25) is 4.79 Å². The number of aryl methyl sites for hydroxylation is 1. The van der Waals surface area contributed by atoms with Crippen molar-refractivity contribution in [2.45, 2.75) is 31.9 Å². The van der Waals surface area contributed by atoms with Gasteiger partial charge in [-0.05, 0) is 42.8 Å². The van der Waals surface area contributed by atoms with Crippen molar-refractivity contribution in [3.63, 3.8) is 0 Å². The molecule has 10 heteroatoms. The number of thioether (sulfide) groups is 1. The van der Waals surface area contributed by atoms with Crippen molar-refractivity contribution in [2.24, 2.45) is 0 Å². The molecule has 1 amide bonds. The van der Waals surface area contributed by atoms with Gasteiger partial charge in [0.1, 0.15) is 0 Å². The lowest BCUT2D eigenvalue weighted by Crippen LogP contribution is -2.15. The van der Waals surface area contributed by atoms with Crippen LogP contribution in [0.25, 0.3) is 22.9 Å². The number of hydrogen-bond acceptors (Lipinski definition) is 8. The van der Waals surface area contributed by atoms with Crippen molar-refractivity contribution < 1.29 is 13.7 Å². The second-order valence-electron chi connectivity index (χ2n) is 7.33. The predicted octanol–water partition coefficient (Wildman–Crippen LogP) is 5.60. The topological polar surface area (TPSA) is 107 Å². The van der Waals surface area contributed by atoms with Gasteiger partial charge in [-0.1, -0.05) is 54.5 Å². The summed E-state index contributed by atoms with van der Waals surface area (Å²) < 4.78 is 11.0. The molecule has 0 spiro atoms. The third-order valence-corrected chi connectivity index (χ3v) is 5.62. The van der Waals surface area contributed by atoms with Crippen LogP contribution in [0.5, 0.6) is 0 Å². The Kier molecular flexibility index (Phi) is 6.57. The van der Waals surface area contributed by atoms with Crippen LogP contribution in [0.1, 0.15) is 31.2 Å². The highest BCUT2D eigenvalue weighted by molar-refractivity contribution is 7.99. The lowest BCUT2D eigenvalue weighted by Gasteiger charge is -2.11. The fourth-order valence-corrected chi connectivity index (χ4v) is 3.56. The Morgan fingerprint density at radius 3 is 2.62 bits per heavy atom. The van der Waals surface area contributed by atoms with E-state index in [2.05, 4.69) is 25.7 Å². The summed E-state index contributed by atoms with van der Waals surface area (Å²) >= 11 is 7.06. The van der Waals surface area contributed by atoms with E-state index in [9.17, 15) is 4.79 Å². The smallest absolute Gasteiger partial charge is 0.277 e. The molecule has 0 aliphatic rings. The average Bonchev–Trinajstić information content (AvgIpc) is 3.44. The minimum absolute atomic E-state index is 0.0943. The zero-order valence-corrected chi connectivity index (χ0v) is 19.2. The van der Waals surface area contributed by atoms with Gasteiger partial charge in [0.25, 0.3) is 11.1 Å². The quantitative estimate of drug-likeness (QED) is 0.348. The molecule has 32 heavy (non-hydrogen) atoms. The molecule has 4 aromatic rings. The lowest BCUT2D eigenvalue weighted by molar-refractivity contribution is -0.113. The standard InChI is InChI=1S/C22H20ClN5O3S/c1-12(2)19-25-21(31-28-19)16-6-4-5-13(3)18(16)24-17(29)11-32-22-27-26-20(30-22)14-7-9-15(23)10-8-14/h4-10,12H,11H2,1-3H3,(H,24,29). The van der Waals surface area contributed by atoms with Crippen LogP contribution in [-0.2, 0) is 4.79 Å². The molecule has 0 atom stereocenters. The van der Waals surface area contributed by atoms with Crippen LogP contribution in [0, 0.1) is 6.92 Å². The molecule has 0 unspecified atom stereocenters. The summed E-state index contributed by atoms with van der Waals surface area (Å²) in [6.45, 7) is 5.88. The van der Waals surface area contributed by atoms with Crippen LogP contribution in [0.4, 0.5) is 5.69 Å². The fraction of sp³-hybridized carbons (Fsp3) is 0.227. The molecule has 0 saturated carbocycles. The van der Waals surface area contributed by atoms with Gasteiger partial charge in [0.05, 0.1) is 17.0 Å². The Morgan fingerprint density at radius 2 is 1.91 bits per heavy atom. The van der Waals surface area contributed by atoms with Crippen LogP contribution in [0.15, 0.2) is 56.6 Å². The first-order valence-electron chi connectivity index (χ1n) is 9.86. The Bertz CT molecular complexity index is 1240. The van der Waals surface area contributed by atoms with E-state index in [0.717, 1.165) is 22.9 Å². The number of hydrogen-bond donors (Lipinski definition) is 1. The highest BCUT2D eigenvalue weighted by Gasteiger charge is 2.18. The average molecular weight is 470 g/mol. The Balaban J connectivity index is 1.44. The SMILES string of the molecule is Cc1cccc(-c2nc(C(C)C)no2)c1NC(=O)CSc1nnc(-c2ccc(Cl)cc2)o1. The van der Waals surface area contributed by atoms with Crippen molar-refractivity contribution in [1.82, 2.24) is 20.3 Å². The normalized spacial score (nSPS) is 11.2. The van der Waals surface area contributed by atoms with Crippen LogP contribution in [0.2, 0.25) is 5.02 Å². The van der Waals surface area contributed by atoms with Crippen molar-refractivity contribution in [3.05, 3.63) is 58.9 Å². The molecular formula is C22H20ClN5O3S. The van der Waals surface area contributed by atoms with Crippen molar-refractivity contribution in [2.75, 3.05) is 11.1 Å². The summed E-state index contributed by atoms with van der Waals surface area (Å²) in [6, 6.07) is 12.7. The number of nitrogens with zero attached hydrogens (tertiary/aromatic N) is 4. The third kappa shape index (κ3) is 5.00. The second kappa shape index (κ2) is 9.54. The van der Waals surface area contributed by atoms with Gasteiger partial charge < -0.3 is 14.3 Å². The van der Waals surface area contributed by atoms with Crippen molar-refractivity contribution in [3.8, 4) is 22.9 Å². The summed E-state index contributed by atoms with van der Waals surface area (Å²) in [6.07, 6.45) is 0. The van der Waals surface area contributed by atoms with E-state index in [4.69, 9.17) is 20.5 Å². The van der Waals surface area contributed by atoms with Crippen LogP contribution in [-0.4, -0.2) is 32.0 Å². The monoisotopic (exact) mass is 469 g/mol. The number of amides is 1. The van der Waals surface area contributed by atoms with E-state index in [1.54, 1.807) is 24.3 Å². The van der Waals surface area contributed by atoms with E-state index in [1.165, 1.54) is 0 Å². The molecule has 8 nitrogen and oxygen atoms in total. The van der Waals surface area contributed by atoms with E-state index in [0.29, 0.717) is 39.1 Å². The van der Waals surface area contributed by atoms with Gasteiger partial charge >= 0.3 is 0 Å². The van der Waals surface area contributed by atoms with Crippen molar-refractivity contribution >= 4 is 35.0 Å². The molecule has 0 aliphatic carbocycles. The predicted molar refractivity (Wildman–Crippen MR) is 123 cm³/mol. The molecule has 164 valence electrons. The van der Waals surface area contributed by atoms with E-state index >= 15 is 0 Å². The summed E-state index contributed by atoms with van der Waals surface area (Å²) in [4.78, 5) is 17.1. The van der Waals surface area contributed by atoms with Gasteiger partial charge in [0.15, 0.2) is 5.82 Å². The molecule has 2 aromatic carbocycles. The number of halogens is 1. The second-order valence-corrected chi connectivity index (χ2v) is 8.69. The maximum Gasteiger partial charge on any atom is 0.277 e. The fourth-order valence-electron chi connectivity index (χ4n) is 2.87. The Morgan fingerprint density at radius 1 is 1.12 bits per heavy atom. The minimum atomic E-state index is -0.222. The number of nitrogens with one attached hydrogen (secondary N) is 1. The summed E-state index contributed by atoms with van der Waals surface area (Å²) in [5, 5.41) is 15.9. The Hall–Kier alpha value is -3.17. The van der Waals surface area contributed by atoms with Gasteiger partial charge in [0, 0.05) is 16.5 Å². The van der Waals surface area contributed by atoms with Gasteiger partial charge in [-0.25, -0.2) is 0 Å². The molecule has 4 rings (SSSR count). The van der Waals surface area contributed by atoms with Gasteiger partial charge in [-0.15, -0.1) is 10.2 Å². The molecule has 1 N–H and O–H groups in total. The molecule has 0 aliphatic heterocycles. The van der Waals surface area contributed by atoms with Crippen LogP contribution >= 0.6 is 23.4 Å².